The van der Waals surface area contributed by atoms with Crippen molar-refractivity contribution in [2.24, 2.45) is 7.05 Å². The van der Waals surface area contributed by atoms with E-state index < -0.39 is 15.8 Å². The van der Waals surface area contributed by atoms with E-state index in [1.54, 1.807) is 23.7 Å². The lowest BCUT2D eigenvalue weighted by Crippen LogP contribution is -2.16. The van der Waals surface area contributed by atoms with E-state index >= 15 is 0 Å². The first-order valence-electron chi connectivity index (χ1n) is 9.56. The molecule has 0 atom stereocenters. The Morgan fingerprint density at radius 2 is 1.81 bits per heavy atom. The Balaban J connectivity index is 2.04. The maximum absolute atomic E-state index is 14.2. The fraction of sp³-hybridized carbons (Fsp3) is 0.333. The van der Waals surface area contributed by atoms with E-state index in [4.69, 9.17) is 16.7 Å². The Morgan fingerprint density at radius 3 is 2.39 bits per heavy atom. The summed E-state index contributed by atoms with van der Waals surface area (Å²) < 4.78 is 44.2. The van der Waals surface area contributed by atoms with Gasteiger partial charge in [0.2, 0.25) is 0 Å². The molecule has 0 saturated carbocycles. The molecule has 3 rings (SSSR count). The molecular weight excluding hydrogens is 443 g/mol. The number of halogens is 2. The average Bonchev–Trinajstić information content (AvgIpc) is 3.04. The van der Waals surface area contributed by atoms with Gasteiger partial charge in [0.05, 0.1) is 22.2 Å². The van der Waals surface area contributed by atoms with Crippen molar-refractivity contribution in [2.75, 3.05) is 11.3 Å². The first kappa shape index (κ1) is 23.2. The van der Waals surface area contributed by atoms with E-state index in [-0.39, 0.29) is 45.4 Å². The maximum Gasteiger partial charge on any atom is 0.261 e. The molecule has 0 bridgehead atoms. The number of sulfonamides is 1. The van der Waals surface area contributed by atoms with Gasteiger partial charge in [0, 0.05) is 25.1 Å². The summed E-state index contributed by atoms with van der Waals surface area (Å²) in [7, 11) is -2.34. The van der Waals surface area contributed by atoms with Gasteiger partial charge in [-0.3, -0.25) is 4.72 Å². The number of anilines is 1. The average molecular weight is 467 g/mol. The van der Waals surface area contributed by atoms with Crippen LogP contribution in [0.2, 0.25) is 5.02 Å². The second-order valence-corrected chi connectivity index (χ2v) is 10.3. The van der Waals surface area contributed by atoms with Gasteiger partial charge in [0.1, 0.15) is 11.6 Å². The van der Waals surface area contributed by atoms with Crippen molar-refractivity contribution in [3.05, 3.63) is 58.6 Å². The van der Waals surface area contributed by atoms with E-state index in [1.165, 1.54) is 18.2 Å². The molecule has 2 aromatic carbocycles. The molecule has 0 amide bonds. The lowest BCUT2D eigenvalue weighted by molar-refractivity contribution is 0.295. The zero-order chi connectivity index (χ0) is 23.0. The Hall–Kier alpha value is -2.49. The highest BCUT2D eigenvalue weighted by molar-refractivity contribution is 7.92. The smallest absolute Gasteiger partial charge is 0.261 e. The molecule has 0 spiro atoms. The quantitative estimate of drug-likeness (QED) is 0.574. The van der Waals surface area contributed by atoms with E-state index in [0.717, 1.165) is 11.6 Å². The molecule has 1 aromatic heterocycles. The number of aliphatic hydroxyl groups excluding tert-OH is 1. The van der Waals surface area contributed by atoms with Gasteiger partial charge in [0.15, 0.2) is 5.82 Å². The lowest BCUT2D eigenvalue weighted by atomic mass is 9.87. The van der Waals surface area contributed by atoms with Gasteiger partial charge in [-0.2, -0.15) is 0 Å². The number of nitrogens with zero attached hydrogens (tertiary/aromatic N) is 3. The summed E-state index contributed by atoms with van der Waals surface area (Å²) in [6, 6.07) is 8.83. The van der Waals surface area contributed by atoms with Crippen LogP contribution in [0.15, 0.2) is 41.3 Å². The molecule has 31 heavy (non-hydrogen) atoms. The van der Waals surface area contributed by atoms with Gasteiger partial charge in [-0.15, -0.1) is 10.2 Å². The Kier molecular flexibility index (Phi) is 6.40. The lowest BCUT2D eigenvalue weighted by Gasteiger charge is -2.19. The first-order valence-corrected chi connectivity index (χ1v) is 11.4. The molecule has 0 unspecified atom stereocenters. The van der Waals surface area contributed by atoms with Gasteiger partial charge in [-0.1, -0.05) is 44.5 Å². The molecule has 0 aliphatic heterocycles. The highest BCUT2D eigenvalue weighted by Crippen LogP contribution is 2.33. The second kappa shape index (κ2) is 8.57. The van der Waals surface area contributed by atoms with Crippen LogP contribution in [0.25, 0.3) is 11.4 Å². The molecule has 0 fully saturated rings. The Bertz CT molecular complexity index is 1200. The third-order valence-electron chi connectivity index (χ3n) is 4.88. The van der Waals surface area contributed by atoms with Crippen molar-refractivity contribution in [3.63, 3.8) is 0 Å². The second-order valence-electron chi connectivity index (χ2n) is 8.16. The van der Waals surface area contributed by atoms with Crippen LogP contribution in [0.3, 0.4) is 0 Å². The monoisotopic (exact) mass is 466 g/mol. The maximum atomic E-state index is 14.2. The zero-order valence-electron chi connectivity index (χ0n) is 17.6. The minimum Gasteiger partial charge on any atom is -0.396 e. The van der Waals surface area contributed by atoms with Crippen LogP contribution >= 0.6 is 11.6 Å². The fourth-order valence-corrected chi connectivity index (χ4v) is 4.30. The van der Waals surface area contributed by atoms with Crippen LogP contribution in [0, 0.1) is 5.82 Å². The molecule has 0 saturated heterocycles. The number of hydrogen-bond donors (Lipinski definition) is 2. The minimum atomic E-state index is -4.01. The van der Waals surface area contributed by atoms with Crippen molar-refractivity contribution >= 4 is 27.3 Å². The predicted octanol–water partition coefficient (Wildman–Crippen LogP) is 3.91. The number of aliphatic hydroxyl groups is 1. The normalized spacial score (nSPS) is 12.2. The number of hydrogen-bond acceptors (Lipinski definition) is 5. The van der Waals surface area contributed by atoms with E-state index in [1.807, 2.05) is 20.8 Å². The Morgan fingerprint density at radius 1 is 1.16 bits per heavy atom. The molecule has 10 heteroatoms. The summed E-state index contributed by atoms with van der Waals surface area (Å²) in [5, 5.41) is 17.0. The number of benzene rings is 2. The minimum absolute atomic E-state index is 0.0205. The van der Waals surface area contributed by atoms with Crippen LogP contribution in [-0.4, -0.2) is 34.9 Å². The largest absolute Gasteiger partial charge is 0.396 e. The molecule has 2 N–H and O–H groups in total. The molecule has 7 nitrogen and oxygen atoms in total. The van der Waals surface area contributed by atoms with Gasteiger partial charge < -0.3 is 9.67 Å². The molecule has 1 heterocycles. The topological polar surface area (TPSA) is 97.1 Å². The predicted molar refractivity (Wildman–Crippen MR) is 118 cm³/mol. The van der Waals surface area contributed by atoms with Gasteiger partial charge >= 0.3 is 0 Å². The third-order valence-corrected chi connectivity index (χ3v) is 6.55. The van der Waals surface area contributed by atoms with Crippen molar-refractivity contribution in [1.29, 1.82) is 0 Å². The van der Waals surface area contributed by atoms with Crippen molar-refractivity contribution in [1.82, 2.24) is 14.8 Å². The van der Waals surface area contributed by atoms with E-state index in [0.29, 0.717) is 5.82 Å². The van der Waals surface area contributed by atoms with E-state index in [9.17, 15) is 12.8 Å². The summed E-state index contributed by atoms with van der Waals surface area (Å²) in [6.07, 6.45) is 0.264. The molecule has 0 aliphatic rings. The summed E-state index contributed by atoms with van der Waals surface area (Å²) in [6.45, 7) is 5.97. The molecular formula is C21H24ClFN4O3S. The fourth-order valence-electron chi connectivity index (χ4n) is 3.07. The van der Waals surface area contributed by atoms with Crippen molar-refractivity contribution in [2.45, 2.75) is 37.5 Å². The van der Waals surface area contributed by atoms with Crippen molar-refractivity contribution in [3.8, 4) is 11.4 Å². The summed E-state index contributed by atoms with van der Waals surface area (Å²) in [4.78, 5) is 0.0424. The highest BCUT2D eigenvalue weighted by Gasteiger charge is 2.22. The van der Waals surface area contributed by atoms with Crippen LogP contribution < -0.4 is 4.72 Å². The summed E-state index contributed by atoms with van der Waals surface area (Å²) in [5.41, 5.74) is 1.10. The molecule has 3 aromatic rings. The molecule has 0 radical (unpaired) electrons. The Labute approximate surface area is 186 Å². The van der Waals surface area contributed by atoms with E-state index in [2.05, 4.69) is 14.9 Å². The first-order chi connectivity index (χ1) is 14.4. The van der Waals surface area contributed by atoms with Gasteiger partial charge in [-0.05, 0) is 29.2 Å². The highest BCUT2D eigenvalue weighted by atomic mass is 35.5. The van der Waals surface area contributed by atoms with Crippen LogP contribution in [0.1, 0.15) is 32.2 Å². The summed E-state index contributed by atoms with van der Waals surface area (Å²) in [5.74, 6) is -0.000369. The molecule has 0 aliphatic carbocycles. The summed E-state index contributed by atoms with van der Waals surface area (Å²) >= 11 is 5.95. The molecule has 166 valence electrons. The van der Waals surface area contributed by atoms with Gasteiger partial charge in [-0.25, -0.2) is 12.8 Å². The third kappa shape index (κ3) is 4.89. The number of aromatic nitrogens is 3. The van der Waals surface area contributed by atoms with Crippen LogP contribution in [0.4, 0.5) is 10.1 Å². The number of rotatable bonds is 6. The zero-order valence-corrected chi connectivity index (χ0v) is 19.2. The van der Waals surface area contributed by atoms with Crippen LogP contribution in [0.5, 0.6) is 0 Å². The SMILES string of the molecule is Cn1c(CCO)nnc1-c1cc(Cl)c(F)cc1NS(=O)(=O)c1ccc(C(C)(C)C)cc1. The van der Waals surface area contributed by atoms with Crippen molar-refractivity contribution < 1.29 is 17.9 Å². The standard InChI is InChI=1S/C21H24ClFN4O3S/c1-21(2,3)13-5-7-14(8-6-13)31(29,30)26-18-12-17(23)16(22)11-15(18)20-25-24-19(9-10-28)27(20)4/h5-8,11-12,26,28H,9-10H2,1-4H3. The van der Waals surface area contributed by atoms with Gasteiger partial charge in [0.25, 0.3) is 10.0 Å². The van der Waals surface area contributed by atoms with Crippen LogP contribution in [-0.2, 0) is 28.9 Å². The number of nitrogens with one attached hydrogen (secondary N) is 1.